The van der Waals surface area contributed by atoms with Crippen LogP contribution in [0.4, 0.5) is 0 Å². The average Bonchev–Trinajstić information content (AvgIpc) is 2.09. The molecule has 0 amide bonds. The van der Waals surface area contributed by atoms with Crippen LogP contribution in [0.5, 0.6) is 0 Å². The molecular weight excluding hydrogens is 242 g/mol. The first kappa shape index (κ1) is 13.6. The van der Waals surface area contributed by atoms with Gasteiger partial charge in [-0.2, -0.15) is 0 Å². The first-order valence-corrected chi connectivity index (χ1v) is 5.89. The van der Waals surface area contributed by atoms with Gasteiger partial charge in [0.25, 0.3) is 14.7 Å². The van der Waals surface area contributed by atoms with Gasteiger partial charge in [0.05, 0.1) is 9.83 Å². The topological polar surface area (TPSA) is 77.3 Å². The number of hydrogen-bond donors (Lipinski definition) is 0. The Labute approximate surface area is 91.6 Å². The number of rotatable bonds is 5. The Hall–Kier alpha value is -1.40. The van der Waals surface area contributed by atoms with Crippen LogP contribution in [0.15, 0.2) is 48.1 Å². The molecule has 0 spiro atoms. The SMILES string of the molecule is C=C/C=C(\C=C(/C=C)S(=O)(=O)Cl)[N+](=O)[O-]. The van der Waals surface area contributed by atoms with Crippen molar-refractivity contribution in [2.24, 2.45) is 0 Å². The van der Waals surface area contributed by atoms with E-state index in [1.165, 1.54) is 0 Å². The van der Waals surface area contributed by atoms with E-state index in [1.807, 2.05) is 0 Å². The van der Waals surface area contributed by atoms with E-state index >= 15 is 0 Å². The van der Waals surface area contributed by atoms with Gasteiger partial charge < -0.3 is 0 Å². The summed E-state index contributed by atoms with van der Waals surface area (Å²) in [4.78, 5) is 9.25. The summed E-state index contributed by atoms with van der Waals surface area (Å²) in [6, 6.07) is 0. The first-order chi connectivity index (χ1) is 6.82. The average molecular weight is 250 g/mol. The van der Waals surface area contributed by atoms with Gasteiger partial charge in [-0.05, 0) is 6.08 Å². The third kappa shape index (κ3) is 4.57. The summed E-state index contributed by atoms with van der Waals surface area (Å²) >= 11 is 0. The van der Waals surface area contributed by atoms with Crippen LogP contribution >= 0.6 is 10.7 Å². The van der Waals surface area contributed by atoms with Crippen molar-refractivity contribution >= 4 is 19.7 Å². The van der Waals surface area contributed by atoms with Crippen LogP contribution in [-0.2, 0) is 9.05 Å². The monoisotopic (exact) mass is 249 g/mol. The Morgan fingerprint density at radius 3 is 2.20 bits per heavy atom. The molecule has 0 fully saturated rings. The van der Waals surface area contributed by atoms with Gasteiger partial charge in [0.15, 0.2) is 0 Å². The predicted molar refractivity (Wildman–Crippen MR) is 58.3 cm³/mol. The maximum absolute atomic E-state index is 10.9. The second-order valence-corrected chi connectivity index (χ2v) is 4.84. The molecule has 0 heterocycles. The largest absolute Gasteiger partial charge is 0.270 e. The second-order valence-electron chi connectivity index (χ2n) is 2.27. The third-order valence-corrected chi connectivity index (χ3v) is 2.65. The highest BCUT2D eigenvalue weighted by Crippen LogP contribution is 2.15. The lowest BCUT2D eigenvalue weighted by Gasteiger charge is -1.95. The zero-order valence-corrected chi connectivity index (χ0v) is 9.16. The molecule has 5 nitrogen and oxygen atoms in total. The van der Waals surface area contributed by atoms with E-state index < -0.39 is 24.6 Å². The maximum atomic E-state index is 10.9. The van der Waals surface area contributed by atoms with Crippen molar-refractivity contribution in [2.75, 3.05) is 0 Å². The van der Waals surface area contributed by atoms with Crippen LogP contribution < -0.4 is 0 Å². The minimum absolute atomic E-state index is 0.436. The van der Waals surface area contributed by atoms with Gasteiger partial charge in [0.2, 0.25) is 0 Å². The second kappa shape index (κ2) is 5.47. The van der Waals surface area contributed by atoms with E-state index in [9.17, 15) is 18.5 Å². The number of nitrogens with zero attached hydrogens (tertiary/aromatic N) is 1. The van der Waals surface area contributed by atoms with Crippen LogP contribution in [0, 0.1) is 10.1 Å². The summed E-state index contributed by atoms with van der Waals surface area (Å²) < 4.78 is 21.8. The van der Waals surface area contributed by atoms with Gasteiger partial charge in [-0.3, -0.25) is 10.1 Å². The standard InChI is InChI=1S/C8H8ClNO4S/c1-3-5-7(10(11)12)6-8(4-2)15(9,13)14/h3-6H,1-2H2/b7-5+,8-6+. The summed E-state index contributed by atoms with van der Waals surface area (Å²) in [5.74, 6) is 0. The van der Waals surface area contributed by atoms with E-state index in [2.05, 4.69) is 13.2 Å². The normalized spacial score (nSPS) is 13.4. The molecule has 0 saturated heterocycles. The van der Waals surface area contributed by atoms with Crippen LogP contribution in [0.2, 0.25) is 0 Å². The molecular formula is C8H8ClNO4S. The van der Waals surface area contributed by atoms with Gasteiger partial charge in [-0.15, -0.1) is 0 Å². The number of allylic oxidation sites excluding steroid dienone is 4. The molecule has 82 valence electrons. The lowest BCUT2D eigenvalue weighted by molar-refractivity contribution is -0.419. The quantitative estimate of drug-likeness (QED) is 0.323. The Balaban J connectivity index is 5.50. The predicted octanol–water partition coefficient (Wildman–Crippen LogP) is 1.97. The van der Waals surface area contributed by atoms with Crippen molar-refractivity contribution < 1.29 is 13.3 Å². The van der Waals surface area contributed by atoms with Gasteiger partial charge in [0, 0.05) is 22.8 Å². The molecule has 0 radical (unpaired) electrons. The molecule has 0 aliphatic rings. The van der Waals surface area contributed by atoms with Crippen molar-refractivity contribution in [3.05, 3.63) is 58.2 Å². The van der Waals surface area contributed by atoms with E-state index in [4.69, 9.17) is 10.7 Å². The molecule has 0 atom stereocenters. The molecule has 0 N–H and O–H groups in total. The van der Waals surface area contributed by atoms with E-state index in [1.54, 1.807) is 0 Å². The minimum Gasteiger partial charge on any atom is -0.258 e. The Morgan fingerprint density at radius 1 is 1.40 bits per heavy atom. The van der Waals surface area contributed by atoms with E-state index in [0.717, 1.165) is 24.3 Å². The van der Waals surface area contributed by atoms with Crippen LogP contribution in [-0.4, -0.2) is 13.3 Å². The lowest BCUT2D eigenvalue weighted by atomic mass is 10.3. The maximum Gasteiger partial charge on any atom is 0.270 e. The number of nitro groups is 1. The summed E-state index contributed by atoms with van der Waals surface area (Å²) in [6.45, 7) is 6.45. The highest BCUT2D eigenvalue weighted by atomic mass is 35.7. The van der Waals surface area contributed by atoms with E-state index in [0.29, 0.717) is 0 Å². The Morgan fingerprint density at radius 2 is 1.93 bits per heavy atom. The van der Waals surface area contributed by atoms with Crippen molar-refractivity contribution in [1.29, 1.82) is 0 Å². The molecule has 0 rings (SSSR count). The summed E-state index contributed by atoms with van der Waals surface area (Å²) in [6.07, 6.45) is 3.93. The van der Waals surface area contributed by atoms with Gasteiger partial charge in [0.1, 0.15) is 0 Å². The molecule has 0 aromatic carbocycles. The van der Waals surface area contributed by atoms with Crippen LogP contribution in [0.25, 0.3) is 0 Å². The summed E-state index contributed by atoms with van der Waals surface area (Å²) in [5.41, 5.74) is -0.441. The van der Waals surface area contributed by atoms with Crippen molar-refractivity contribution in [3.8, 4) is 0 Å². The molecule has 0 aromatic rings. The summed E-state index contributed by atoms with van der Waals surface area (Å²) in [7, 11) is 0.979. The third-order valence-electron chi connectivity index (χ3n) is 1.27. The smallest absolute Gasteiger partial charge is 0.258 e. The molecule has 0 bridgehead atoms. The molecule has 0 aliphatic heterocycles. The molecule has 15 heavy (non-hydrogen) atoms. The molecule has 0 aliphatic carbocycles. The number of hydrogen-bond acceptors (Lipinski definition) is 4. The number of halogens is 1. The van der Waals surface area contributed by atoms with Crippen molar-refractivity contribution in [1.82, 2.24) is 0 Å². The lowest BCUT2D eigenvalue weighted by Crippen LogP contribution is -1.99. The first-order valence-electron chi connectivity index (χ1n) is 3.59. The highest BCUT2D eigenvalue weighted by Gasteiger charge is 2.15. The van der Waals surface area contributed by atoms with Crippen molar-refractivity contribution in [3.63, 3.8) is 0 Å². The zero-order chi connectivity index (χ0) is 12.1. The fourth-order valence-electron chi connectivity index (χ4n) is 0.657. The zero-order valence-electron chi connectivity index (χ0n) is 7.59. The fourth-order valence-corrected chi connectivity index (χ4v) is 1.44. The fraction of sp³-hybridized carbons (Fsp3) is 0. The molecule has 0 saturated carbocycles. The van der Waals surface area contributed by atoms with Gasteiger partial charge >= 0.3 is 0 Å². The molecule has 0 aromatic heterocycles. The molecule has 7 heteroatoms. The Kier molecular flexibility index (Phi) is 4.96. The van der Waals surface area contributed by atoms with Gasteiger partial charge in [-0.1, -0.05) is 19.2 Å². The highest BCUT2D eigenvalue weighted by molar-refractivity contribution is 8.17. The molecule has 0 unspecified atom stereocenters. The van der Waals surface area contributed by atoms with E-state index in [-0.39, 0.29) is 0 Å². The van der Waals surface area contributed by atoms with Crippen molar-refractivity contribution in [2.45, 2.75) is 0 Å². The summed E-state index contributed by atoms with van der Waals surface area (Å²) in [5, 5.41) is 10.4. The van der Waals surface area contributed by atoms with Crippen LogP contribution in [0.1, 0.15) is 0 Å². The minimum atomic E-state index is -4.03. The van der Waals surface area contributed by atoms with Gasteiger partial charge in [-0.25, -0.2) is 8.42 Å². The Bertz CT molecular complexity index is 447. The van der Waals surface area contributed by atoms with Crippen LogP contribution in [0.3, 0.4) is 0 Å².